The molecule has 0 amide bonds. The van der Waals surface area contributed by atoms with Crippen LogP contribution in [0.25, 0.3) is 21.9 Å². The minimum Gasteiger partial charge on any atom is -0.298 e. The van der Waals surface area contributed by atoms with Crippen LogP contribution in [0.5, 0.6) is 0 Å². The van der Waals surface area contributed by atoms with Crippen LogP contribution >= 0.6 is 0 Å². The molecular weight excluding hydrogens is 248 g/mol. The molecule has 0 radical (unpaired) electrons. The van der Waals surface area contributed by atoms with Crippen LogP contribution < -0.4 is 0 Å². The number of benzene rings is 3. The number of hydrogen-bond acceptors (Lipinski definition) is 2. The molecule has 0 fully saturated rings. The van der Waals surface area contributed by atoms with Crippen LogP contribution in [-0.2, 0) is 0 Å². The quantitative estimate of drug-likeness (QED) is 0.486. The fourth-order valence-corrected chi connectivity index (χ4v) is 2.98. The van der Waals surface area contributed by atoms with E-state index < -0.39 is 0 Å². The third-order valence-electron chi connectivity index (χ3n) is 3.84. The molecule has 0 heterocycles. The summed E-state index contributed by atoms with van der Waals surface area (Å²) < 4.78 is 0. The van der Waals surface area contributed by atoms with Crippen molar-refractivity contribution in [3.63, 3.8) is 0 Å². The van der Waals surface area contributed by atoms with Crippen molar-refractivity contribution in [3.8, 4) is 11.1 Å². The maximum Gasteiger partial charge on any atom is 0.194 e. The molecule has 0 aromatic heterocycles. The molecule has 0 spiro atoms. The van der Waals surface area contributed by atoms with Crippen LogP contribution in [0.3, 0.4) is 0 Å². The van der Waals surface area contributed by atoms with Crippen LogP contribution in [0.1, 0.15) is 26.3 Å². The van der Waals surface area contributed by atoms with Crippen LogP contribution in [0, 0.1) is 0 Å². The topological polar surface area (TPSA) is 34.1 Å². The first-order chi connectivity index (χ1) is 9.79. The highest BCUT2D eigenvalue weighted by molar-refractivity contribution is 6.26. The van der Waals surface area contributed by atoms with Crippen molar-refractivity contribution in [1.82, 2.24) is 0 Å². The Morgan fingerprint density at radius 2 is 1.50 bits per heavy atom. The number of rotatable bonds is 1. The highest BCUT2D eigenvalue weighted by Gasteiger charge is 2.24. The van der Waals surface area contributed by atoms with Gasteiger partial charge in [0.15, 0.2) is 5.78 Å². The lowest BCUT2D eigenvalue weighted by molar-refractivity contribution is 0.103. The Balaban J connectivity index is 2.26. The normalized spacial score (nSPS) is 12.3. The summed E-state index contributed by atoms with van der Waals surface area (Å²) in [5.74, 6) is 0.0533. The molecule has 1 aliphatic rings. The summed E-state index contributed by atoms with van der Waals surface area (Å²) in [4.78, 5) is 23.7. The summed E-state index contributed by atoms with van der Waals surface area (Å²) >= 11 is 0. The summed E-state index contributed by atoms with van der Waals surface area (Å²) in [7, 11) is 0. The predicted octanol–water partition coefficient (Wildman–Crippen LogP) is 3.86. The van der Waals surface area contributed by atoms with E-state index in [-0.39, 0.29) is 5.78 Å². The van der Waals surface area contributed by atoms with Crippen molar-refractivity contribution < 1.29 is 9.59 Å². The molecule has 3 aromatic rings. The zero-order valence-electron chi connectivity index (χ0n) is 10.6. The lowest BCUT2D eigenvalue weighted by atomic mass is 9.82. The second-order valence-electron chi connectivity index (χ2n) is 4.96. The maximum atomic E-state index is 12.6. The number of carbonyl (C=O) groups excluding carboxylic acids is 2. The molecule has 0 unspecified atom stereocenters. The first kappa shape index (κ1) is 11.1. The van der Waals surface area contributed by atoms with Crippen molar-refractivity contribution in [1.29, 1.82) is 0 Å². The Bertz CT molecular complexity index is 891. The van der Waals surface area contributed by atoms with Gasteiger partial charge in [0, 0.05) is 22.1 Å². The molecule has 94 valence electrons. The predicted molar refractivity (Wildman–Crippen MR) is 78.2 cm³/mol. The SMILES string of the molecule is O=Cc1cc2c3c(cccc3c1)C(=O)c1ccccc1-2. The molecular formula is C18H10O2. The zero-order chi connectivity index (χ0) is 13.7. The molecule has 2 nitrogen and oxygen atoms in total. The van der Waals surface area contributed by atoms with Gasteiger partial charge < -0.3 is 0 Å². The molecule has 0 aliphatic heterocycles. The number of aldehydes is 1. The Morgan fingerprint density at radius 1 is 0.750 bits per heavy atom. The van der Waals surface area contributed by atoms with Gasteiger partial charge in [0.2, 0.25) is 0 Å². The average molecular weight is 258 g/mol. The smallest absolute Gasteiger partial charge is 0.194 e. The van der Waals surface area contributed by atoms with Gasteiger partial charge in [0.05, 0.1) is 0 Å². The summed E-state index contributed by atoms with van der Waals surface area (Å²) in [5, 5.41) is 1.88. The van der Waals surface area contributed by atoms with E-state index in [1.807, 2.05) is 54.6 Å². The van der Waals surface area contributed by atoms with E-state index in [1.165, 1.54) is 0 Å². The van der Waals surface area contributed by atoms with E-state index in [2.05, 4.69) is 0 Å². The fraction of sp³-hybridized carbons (Fsp3) is 0. The van der Waals surface area contributed by atoms with E-state index >= 15 is 0 Å². The summed E-state index contributed by atoms with van der Waals surface area (Å²) in [6, 6.07) is 16.9. The molecule has 2 heteroatoms. The largest absolute Gasteiger partial charge is 0.298 e. The molecule has 1 aliphatic carbocycles. The van der Waals surface area contributed by atoms with Crippen molar-refractivity contribution in [2.75, 3.05) is 0 Å². The Labute approximate surface area is 115 Å². The Hall–Kier alpha value is -2.74. The van der Waals surface area contributed by atoms with E-state index in [4.69, 9.17) is 0 Å². The Kier molecular flexibility index (Phi) is 2.15. The van der Waals surface area contributed by atoms with Gasteiger partial charge in [-0.2, -0.15) is 0 Å². The molecule has 3 aromatic carbocycles. The maximum absolute atomic E-state index is 12.6. The first-order valence-electron chi connectivity index (χ1n) is 6.45. The average Bonchev–Trinajstić information content (AvgIpc) is 2.51. The fourth-order valence-electron chi connectivity index (χ4n) is 2.98. The van der Waals surface area contributed by atoms with E-state index in [1.54, 1.807) is 0 Å². The molecule has 0 saturated carbocycles. The number of ketones is 1. The van der Waals surface area contributed by atoms with Crippen molar-refractivity contribution in [2.24, 2.45) is 0 Å². The minimum atomic E-state index is 0.0533. The van der Waals surface area contributed by atoms with Crippen molar-refractivity contribution >= 4 is 22.8 Å². The third-order valence-corrected chi connectivity index (χ3v) is 3.84. The lowest BCUT2D eigenvalue weighted by Crippen LogP contribution is -2.10. The number of carbonyl (C=O) groups is 2. The van der Waals surface area contributed by atoms with Crippen LogP contribution in [0.4, 0.5) is 0 Å². The highest BCUT2D eigenvalue weighted by atomic mass is 16.1. The first-order valence-corrected chi connectivity index (χ1v) is 6.45. The van der Waals surface area contributed by atoms with E-state index in [0.717, 1.165) is 28.2 Å². The van der Waals surface area contributed by atoms with E-state index in [9.17, 15) is 9.59 Å². The number of fused-ring (bicyclic) bond motifs is 2. The minimum absolute atomic E-state index is 0.0533. The summed E-state index contributed by atoms with van der Waals surface area (Å²) in [6.07, 6.45) is 0.849. The van der Waals surface area contributed by atoms with Gasteiger partial charge in [0.1, 0.15) is 6.29 Å². The van der Waals surface area contributed by atoms with Gasteiger partial charge >= 0.3 is 0 Å². The van der Waals surface area contributed by atoms with Gasteiger partial charge in [-0.05, 0) is 28.6 Å². The highest BCUT2D eigenvalue weighted by Crippen LogP contribution is 2.39. The monoisotopic (exact) mass is 258 g/mol. The van der Waals surface area contributed by atoms with Crippen LogP contribution in [0.2, 0.25) is 0 Å². The van der Waals surface area contributed by atoms with Gasteiger partial charge in [-0.3, -0.25) is 9.59 Å². The van der Waals surface area contributed by atoms with Crippen molar-refractivity contribution in [2.45, 2.75) is 0 Å². The third kappa shape index (κ3) is 1.33. The van der Waals surface area contributed by atoms with Gasteiger partial charge in [0.25, 0.3) is 0 Å². The molecule has 0 bridgehead atoms. The lowest BCUT2D eigenvalue weighted by Gasteiger charge is -2.20. The van der Waals surface area contributed by atoms with E-state index in [0.29, 0.717) is 16.7 Å². The molecule has 0 atom stereocenters. The van der Waals surface area contributed by atoms with Crippen LogP contribution in [0.15, 0.2) is 54.6 Å². The standard InChI is InChI=1S/C18H10O2/c19-10-11-8-12-4-3-7-15-17(12)16(9-11)13-5-1-2-6-14(13)18(15)20/h1-10H. The molecule has 20 heavy (non-hydrogen) atoms. The summed E-state index contributed by atoms with van der Waals surface area (Å²) in [5.41, 5.74) is 3.93. The van der Waals surface area contributed by atoms with Gasteiger partial charge in [-0.1, -0.05) is 42.5 Å². The molecule has 0 N–H and O–H groups in total. The second-order valence-corrected chi connectivity index (χ2v) is 4.96. The Morgan fingerprint density at radius 3 is 2.30 bits per heavy atom. The molecule has 0 saturated heterocycles. The molecule has 4 rings (SSSR count). The summed E-state index contributed by atoms with van der Waals surface area (Å²) in [6.45, 7) is 0. The van der Waals surface area contributed by atoms with Gasteiger partial charge in [-0.15, -0.1) is 0 Å². The number of hydrogen-bond donors (Lipinski definition) is 0. The van der Waals surface area contributed by atoms with Crippen molar-refractivity contribution in [3.05, 3.63) is 71.3 Å². The second kappa shape index (κ2) is 3.87. The van der Waals surface area contributed by atoms with Gasteiger partial charge in [-0.25, -0.2) is 0 Å². The zero-order valence-corrected chi connectivity index (χ0v) is 10.6. The van der Waals surface area contributed by atoms with Crippen LogP contribution in [-0.4, -0.2) is 12.1 Å².